The summed E-state index contributed by atoms with van der Waals surface area (Å²) in [6, 6.07) is 2.00. The van der Waals surface area contributed by atoms with Crippen LogP contribution in [0.3, 0.4) is 0 Å². The van der Waals surface area contributed by atoms with Crippen molar-refractivity contribution >= 4 is 11.6 Å². The second kappa shape index (κ2) is 6.70. The largest absolute Gasteiger partial charge is 0.393 e. The minimum absolute atomic E-state index is 0.151. The third-order valence-corrected chi connectivity index (χ3v) is 3.47. The van der Waals surface area contributed by atoms with Crippen LogP contribution in [0.15, 0.2) is 12.4 Å². The molecule has 0 unspecified atom stereocenters. The maximum atomic E-state index is 9.52. The third-order valence-electron chi connectivity index (χ3n) is 3.47. The smallest absolute Gasteiger partial charge is 0.134 e. The van der Waals surface area contributed by atoms with Crippen LogP contribution in [-0.4, -0.2) is 40.8 Å². The molecule has 1 aromatic rings. The molecule has 2 rings (SSSR count). The highest BCUT2D eigenvalue weighted by molar-refractivity contribution is 5.48. The molecule has 5 nitrogen and oxygen atoms in total. The van der Waals surface area contributed by atoms with E-state index in [0.717, 1.165) is 50.5 Å². The van der Waals surface area contributed by atoms with E-state index in [4.69, 9.17) is 0 Å². The lowest BCUT2D eigenvalue weighted by atomic mass is 10.1. The third kappa shape index (κ3) is 4.35. The van der Waals surface area contributed by atoms with Crippen molar-refractivity contribution in [1.29, 1.82) is 0 Å². The van der Waals surface area contributed by atoms with Crippen LogP contribution in [0.4, 0.5) is 11.6 Å². The predicted molar refractivity (Wildman–Crippen MR) is 77.4 cm³/mol. The average molecular weight is 264 g/mol. The van der Waals surface area contributed by atoms with Crippen molar-refractivity contribution in [2.75, 3.05) is 29.9 Å². The van der Waals surface area contributed by atoms with E-state index in [1.54, 1.807) is 6.33 Å². The summed E-state index contributed by atoms with van der Waals surface area (Å²) in [6.45, 7) is 7.10. The minimum Gasteiger partial charge on any atom is -0.393 e. The van der Waals surface area contributed by atoms with E-state index in [1.165, 1.54) is 0 Å². The van der Waals surface area contributed by atoms with Crippen LogP contribution in [0.25, 0.3) is 0 Å². The van der Waals surface area contributed by atoms with Crippen molar-refractivity contribution in [2.24, 2.45) is 5.92 Å². The van der Waals surface area contributed by atoms with Crippen LogP contribution in [0, 0.1) is 5.92 Å². The first-order valence-corrected chi connectivity index (χ1v) is 7.14. The van der Waals surface area contributed by atoms with Gasteiger partial charge in [0.2, 0.25) is 0 Å². The normalized spacial score (nSPS) is 16.9. The van der Waals surface area contributed by atoms with Gasteiger partial charge in [-0.1, -0.05) is 13.8 Å². The highest BCUT2D eigenvalue weighted by Crippen LogP contribution is 2.19. The van der Waals surface area contributed by atoms with E-state index in [-0.39, 0.29) is 6.10 Å². The second-order valence-electron chi connectivity index (χ2n) is 5.59. The molecular formula is C14H24N4O. The van der Waals surface area contributed by atoms with Crippen molar-refractivity contribution in [2.45, 2.75) is 39.2 Å². The van der Waals surface area contributed by atoms with E-state index < -0.39 is 0 Å². The molecule has 0 atom stereocenters. The van der Waals surface area contributed by atoms with Gasteiger partial charge >= 0.3 is 0 Å². The van der Waals surface area contributed by atoms with Gasteiger partial charge in [0.1, 0.15) is 18.0 Å². The van der Waals surface area contributed by atoms with Gasteiger partial charge in [-0.15, -0.1) is 0 Å². The fourth-order valence-electron chi connectivity index (χ4n) is 2.20. The first kappa shape index (κ1) is 14.1. The number of aliphatic hydroxyl groups excluding tert-OH is 1. The highest BCUT2D eigenvalue weighted by atomic mass is 16.3. The van der Waals surface area contributed by atoms with Crippen LogP contribution < -0.4 is 10.2 Å². The molecule has 1 aliphatic rings. The Kier molecular flexibility index (Phi) is 4.96. The molecule has 0 bridgehead atoms. The van der Waals surface area contributed by atoms with Crippen LogP contribution in [0.1, 0.15) is 33.1 Å². The van der Waals surface area contributed by atoms with Crippen molar-refractivity contribution in [3.63, 3.8) is 0 Å². The molecule has 1 saturated heterocycles. The molecule has 2 heterocycles. The maximum absolute atomic E-state index is 9.52. The zero-order valence-corrected chi connectivity index (χ0v) is 11.8. The summed E-state index contributed by atoms with van der Waals surface area (Å²) in [5.41, 5.74) is 0. The lowest BCUT2D eigenvalue weighted by molar-refractivity contribution is 0.145. The summed E-state index contributed by atoms with van der Waals surface area (Å²) < 4.78 is 0. The fourth-order valence-corrected chi connectivity index (χ4v) is 2.20. The molecule has 0 saturated carbocycles. The van der Waals surface area contributed by atoms with Gasteiger partial charge in [0, 0.05) is 25.7 Å². The number of aliphatic hydroxyl groups is 1. The molecule has 5 heteroatoms. The summed E-state index contributed by atoms with van der Waals surface area (Å²) in [4.78, 5) is 10.8. The number of hydrogen-bond acceptors (Lipinski definition) is 5. The Balaban J connectivity index is 1.91. The van der Waals surface area contributed by atoms with Gasteiger partial charge in [-0.25, -0.2) is 9.97 Å². The summed E-state index contributed by atoms with van der Waals surface area (Å²) in [7, 11) is 0. The number of piperidine rings is 1. The van der Waals surface area contributed by atoms with E-state index in [0.29, 0.717) is 5.92 Å². The van der Waals surface area contributed by atoms with Gasteiger partial charge < -0.3 is 15.3 Å². The SMILES string of the molecule is CC(C)CCNc1cc(N2CCC(O)CC2)ncn1. The van der Waals surface area contributed by atoms with Gasteiger partial charge in [0.15, 0.2) is 0 Å². The first-order valence-electron chi connectivity index (χ1n) is 7.14. The Morgan fingerprint density at radius 1 is 1.37 bits per heavy atom. The number of rotatable bonds is 5. The van der Waals surface area contributed by atoms with E-state index in [9.17, 15) is 5.11 Å². The molecule has 0 spiro atoms. The van der Waals surface area contributed by atoms with Gasteiger partial charge in [-0.3, -0.25) is 0 Å². The summed E-state index contributed by atoms with van der Waals surface area (Å²) in [5.74, 6) is 2.53. The minimum atomic E-state index is -0.151. The lowest BCUT2D eigenvalue weighted by Crippen LogP contribution is -2.36. The molecule has 1 aromatic heterocycles. The van der Waals surface area contributed by atoms with Crippen LogP contribution in [-0.2, 0) is 0 Å². The molecule has 19 heavy (non-hydrogen) atoms. The van der Waals surface area contributed by atoms with Crippen molar-refractivity contribution in [1.82, 2.24) is 9.97 Å². The molecule has 2 N–H and O–H groups in total. The average Bonchev–Trinajstić information content (AvgIpc) is 2.39. The van der Waals surface area contributed by atoms with Crippen LogP contribution in [0.5, 0.6) is 0 Å². The number of nitrogens with one attached hydrogen (secondary N) is 1. The number of anilines is 2. The molecule has 0 aliphatic carbocycles. The zero-order chi connectivity index (χ0) is 13.7. The quantitative estimate of drug-likeness (QED) is 0.850. The van der Waals surface area contributed by atoms with Crippen molar-refractivity contribution in [3.05, 3.63) is 12.4 Å². The maximum Gasteiger partial charge on any atom is 0.134 e. The summed E-state index contributed by atoms with van der Waals surface area (Å²) in [5, 5.41) is 12.9. The Bertz CT molecular complexity index is 389. The topological polar surface area (TPSA) is 61.3 Å². The van der Waals surface area contributed by atoms with Crippen molar-refractivity contribution in [3.8, 4) is 0 Å². The Labute approximate surface area is 115 Å². The Hall–Kier alpha value is -1.36. The number of hydrogen-bond donors (Lipinski definition) is 2. The summed E-state index contributed by atoms with van der Waals surface area (Å²) >= 11 is 0. The van der Waals surface area contributed by atoms with Gasteiger partial charge in [-0.2, -0.15) is 0 Å². The molecular weight excluding hydrogens is 240 g/mol. The van der Waals surface area contributed by atoms with E-state index in [2.05, 4.69) is 34.0 Å². The summed E-state index contributed by atoms with van der Waals surface area (Å²) in [6.07, 6.45) is 4.23. The van der Waals surface area contributed by atoms with Gasteiger partial charge in [0.25, 0.3) is 0 Å². The van der Waals surface area contributed by atoms with Crippen molar-refractivity contribution < 1.29 is 5.11 Å². The monoisotopic (exact) mass is 264 g/mol. The van der Waals surface area contributed by atoms with Crippen LogP contribution >= 0.6 is 0 Å². The van der Waals surface area contributed by atoms with Gasteiger partial charge in [0.05, 0.1) is 6.10 Å². The van der Waals surface area contributed by atoms with Gasteiger partial charge in [-0.05, 0) is 25.2 Å². The Morgan fingerprint density at radius 3 is 2.79 bits per heavy atom. The van der Waals surface area contributed by atoms with E-state index in [1.807, 2.05) is 6.07 Å². The molecule has 1 aliphatic heterocycles. The van der Waals surface area contributed by atoms with E-state index >= 15 is 0 Å². The molecule has 0 aromatic carbocycles. The first-order chi connectivity index (χ1) is 9.15. The zero-order valence-electron chi connectivity index (χ0n) is 11.8. The second-order valence-corrected chi connectivity index (χ2v) is 5.59. The highest BCUT2D eigenvalue weighted by Gasteiger charge is 2.18. The fraction of sp³-hybridized carbons (Fsp3) is 0.714. The molecule has 106 valence electrons. The predicted octanol–water partition coefficient (Wildman–Crippen LogP) is 1.90. The Morgan fingerprint density at radius 2 is 2.11 bits per heavy atom. The molecule has 1 fully saturated rings. The molecule has 0 amide bonds. The number of nitrogens with zero attached hydrogens (tertiary/aromatic N) is 3. The number of aromatic nitrogens is 2. The van der Waals surface area contributed by atoms with Crippen LogP contribution in [0.2, 0.25) is 0 Å². The molecule has 0 radical (unpaired) electrons. The lowest BCUT2D eigenvalue weighted by Gasteiger charge is -2.30. The standard InChI is InChI=1S/C14H24N4O/c1-11(2)3-6-15-13-9-14(17-10-16-13)18-7-4-12(19)5-8-18/h9-12,19H,3-8H2,1-2H3,(H,15,16,17).